The highest BCUT2D eigenvalue weighted by atomic mass is 79.9. The van der Waals surface area contributed by atoms with Gasteiger partial charge in [-0.1, -0.05) is 13.8 Å². The van der Waals surface area contributed by atoms with Crippen LogP contribution in [0.2, 0.25) is 0 Å². The molecule has 0 spiro atoms. The molecule has 0 aromatic carbocycles. The highest BCUT2D eigenvalue weighted by molar-refractivity contribution is 9.10. The Labute approximate surface area is 93.8 Å². The molecule has 3 nitrogen and oxygen atoms in total. The molecule has 72 valence electrons. The van der Waals surface area contributed by atoms with Gasteiger partial charge < -0.3 is 5.11 Å². The first-order valence-corrected chi connectivity index (χ1v) is 5.36. The molecule has 0 saturated carbocycles. The second kappa shape index (κ2) is 4.02. The fraction of sp³-hybridized carbons (Fsp3) is 0.500. The molecule has 0 unspecified atom stereocenters. The van der Waals surface area contributed by atoms with E-state index < -0.39 is 0 Å². The fourth-order valence-corrected chi connectivity index (χ4v) is 1.95. The lowest BCUT2D eigenvalue weighted by Gasteiger charge is -2.22. The van der Waals surface area contributed by atoms with Gasteiger partial charge in [-0.25, -0.2) is 0 Å². The van der Waals surface area contributed by atoms with Gasteiger partial charge in [0, 0.05) is 5.41 Å². The Morgan fingerprint density at radius 1 is 1.38 bits per heavy atom. The van der Waals surface area contributed by atoms with Gasteiger partial charge in [-0.05, 0) is 43.5 Å². The smallest absolute Gasteiger partial charge is 0.132 e. The fourth-order valence-electron chi connectivity index (χ4n) is 0.913. The van der Waals surface area contributed by atoms with Crippen LogP contribution in [0.25, 0.3) is 0 Å². The van der Waals surface area contributed by atoms with E-state index in [4.69, 9.17) is 0 Å². The number of aliphatic hydroxyl groups is 1. The quantitative estimate of drug-likeness (QED) is 0.911. The molecule has 0 saturated heterocycles. The summed E-state index contributed by atoms with van der Waals surface area (Å²) >= 11 is 6.54. The van der Waals surface area contributed by atoms with Crippen molar-refractivity contribution in [2.45, 2.75) is 19.3 Å². The summed E-state index contributed by atoms with van der Waals surface area (Å²) in [5, 5.41) is 16.9. The van der Waals surface area contributed by atoms with E-state index in [1.165, 1.54) is 0 Å². The number of aromatic nitrogens is 2. The maximum atomic E-state index is 9.18. The summed E-state index contributed by atoms with van der Waals surface area (Å²) in [6.45, 7) is 3.96. The lowest BCUT2D eigenvalue weighted by Crippen LogP contribution is -2.23. The van der Waals surface area contributed by atoms with E-state index >= 15 is 0 Å². The van der Waals surface area contributed by atoms with Crippen molar-refractivity contribution in [3.63, 3.8) is 0 Å². The molecule has 0 atom stereocenters. The molecule has 1 rings (SSSR count). The molecule has 1 aromatic heterocycles. The van der Waals surface area contributed by atoms with Crippen molar-refractivity contribution in [3.05, 3.63) is 20.8 Å². The summed E-state index contributed by atoms with van der Waals surface area (Å²) in [5.74, 6) is 0. The van der Waals surface area contributed by atoms with Gasteiger partial charge >= 0.3 is 0 Å². The SMILES string of the molecule is CC(C)(CO)c1cc(Br)nnc1Br. The lowest BCUT2D eigenvalue weighted by molar-refractivity contribution is 0.217. The third kappa shape index (κ3) is 2.48. The molecule has 0 aliphatic rings. The first-order valence-electron chi connectivity index (χ1n) is 3.77. The van der Waals surface area contributed by atoms with E-state index in [2.05, 4.69) is 42.1 Å². The van der Waals surface area contributed by atoms with Gasteiger partial charge in [-0.3, -0.25) is 0 Å². The maximum Gasteiger partial charge on any atom is 0.132 e. The molecule has 5 heteroatoms. The van der Waals surface area contributed by atoms with Crippen LogP contribution in [-0.4, -0.2) is 21.9 Å². The van der Waals surface area contributed by atoms with E-state index in [0.29, 0.717) is 9.21 Å². The van der Waals surface area contributed by atoms with Crippen molar-refractivity contribution in [1.29, 1.82) is 0 Å². The molecule has 0 aliphatic heterocycles. The third-order valence-corrected chi connectivity index (χ3v) is 2.82. The van der Waals surface area contributed by atoms with Crippen LogP contribution in [-0.2, 0) is 5.41 Å². The summed E-state index contributed by atoms with van der Waals surface area (Å²) in [6.07, 6.45) is 0. The third-order valence-electron chi connectivity index (χ3n) is 1.84. The van der Waals surface area contributed by atoms with Crippen molar-refractivity contribution in [3.8, 4) is 0 Å². The van der Waals surface area contributed by atoms with E-state index in [1.54, 1.807) is 0 Å². The topological polar surface area (TPSA) is 46.0 Å². The zero-order chi connectivity index (χ0) is 10.1. The van der Waals surface area contributed by atoms with Gasteiger partial charge in [0.1, 0.15) is 9.21 Å². The summed E-state index contributed by atoms with van der Waals surface area (Å²) < 4.78 is 1.35. The molecule has 0 fully saturated rings. The molecular formula is C8H10Br2N2O. The van der Waals surface area contributed by atoms with Crippen LogP contribution in [0.3, 0.4) is 0 Å². The van der Waals surface area contributed by atoms with Crippen molar-refractivity contribution in [2.24, 2.45) is 0 Å². The molecule has 0 amide bonds. The van der Waals surface area contributed by atoms with Gasteiger partial charge in [0.2, 0.25) is 0 Å². The van der Waals surface area contributed by atoms with Crippen LogP contribution < -0.4 is 0 Å². The largest absolute Gasteiger partial charge is 0.395 e. The summed E-state index contributed by atoms with van der Waals surface area (Å²) in [5.41, 5.74) is 0.633. The number of hydrogen-bond acceptors (Lipinski definition) is 3. The number of nitrogens with zero attached hydrogens (tertiary/aromatic N) is 2. The van der Waals surface area contributed by atoms with Gasteiger partial charge in [-0.15, -0.1) is 10.2 Å². The van der Waals surface area contributed by atoms with E-state index in [0.717, 1.165) is 5.56 Å². The molecular weight excluding hydrogens is 300 g/mol. The Morgan fingerprint density at radius 2 is 2.00 bits per heavy atom. The average Bonchev–Trinajstić information content (AvgIpc) is 2.09. The highest BCUT2D eigenvalue weighted by Gasteiger charge is 2.23. The van der Waals surface area contributed by atoms with Crippen LogP contribution >= 0.6 is 31.9 Å². The van der Waals surface area contributed by atoms with Gasteiger partial charge in [-0.2, -0.15) is 0 Å². The predicted octanol–water partition coefficient (Wildman–Crippen LogP) is 2.27. The number of rotatable bonds is 2. The zero-order valence-electron chi connectivity index (χ0n) is 7.38. The van der Waals surface area contributed by atoms with E-state index in [-0.39, 0.29) is 12.0 Å². The van der Waals surface area contributed by atoms with E-state index in [9.17, 15) is 5.11 Å². The van der Waals surface area contributed by atoms with Gasteiger partial charge in [0.25, 0.3) is 0 Å². The monoisotopic (exact) mass is 308 g/mol. The molecule has 1 aromatic rings. The Balaban J connectivity index is 3.20. The summed E-state index contributed by atoms with van der Waals surface area (Å²) in [6, 6.07) is 1.85. The van der Waals surface area contributed by atoms with Crippen molar-refractivity contribution >= 4 is 31.9 Å². The van der Waals surface area contributed by atoms with Gasteiger partial charge in [0.15, 0.2) is 0 Å². The number of aliphatic hydroxyl groups excluding tert-OH is 1. The Kier molecular flexibility index (Phi) is 3.43. The molecule has 0 radical (unpaired) electrons. The predicted molar refractivity (Wildman–Crippen MR) is 57.5 cm³/mol. The second-order valence-electron chi connectivity index (χ2n) is 3.41. The normalized spacial score (nSPS) is 11.8. The molecule has 1 N–H and O–H groups in total. The minimum absolute atomic E-state index is 0.0731. The first-order chi connectivity index (χ1) is 5.97. The zero-order valence-corrected chi connectivity index (χ0v) is 10.6. The van der Waals surface area contributed by atoms with Crippen molar-refractivity contribution < 1.29 is 5.11 Å². The van der Waals surface area contributed by atoms with Crippen LogP contribution in [0.4, 0.5) is 0 Å². The molecule has 1 heterocycles. The standard InChI is InChI=1S/C8H10Br2N2O/c1-8(2,4-13)5-3-6(9)11-12-7(5)10/h3,13H,4H2,1-2H3. The Hall–Kier alpha value is -0.000000000000000111. The average molecular weight is 310 g/mol. The van der Waals surface area contributed by atoms with Gasteiger partial charge in [0.05, 0.1) is 6.61 Å². The summed E-state index contributed by atoms with van der Waals surface area (Å²) in [4.78, 5) is 0. The molecule has 0 bridgehead atoms. The van der Waals surface area contributed by atoms with Crippen molar-refractivity contribution in [2.75, 3.05) is 6.61 Å². The minimum atomic E-state index is -0.308. The molecule has 0 aliphatic carbocycles. The number of hydrogen-bond donors (Lipinski definition) is 1. The number of halogens is 2. The first kappa shape index (κ1) is 11.1. The summed E-state index contributed by atoms with van der Waals surface area (Å²) in [7, 11) is 0. The lowest BCUT2D eigenvalue weighted by atomic mass is 9.87. The van der Waals surface area contributed by atoms with Crippen LogP contribution in [0.15, 0.2) is 15.3 Å². The Bertz CT molecular complexity index is 315. The maximum absolute atomic E-state index is 9.18. The van der Waals surface area contributed by atoms with Crippen LogP contribution in [0.1, 0.15) is 19.4 Å². The Morgan fingerprint density at radius 3 is 2.54 bits per heavy atom. The minimum Gasteiger partial charge on any atom is -0.395 e. The molecule has 13 heavy (non-hydrogen) atoms. The van der Waals surface area contributed by atoms with Crippen molar-refractivity contribution in [1.82, 2.24) is 10.2 Å². The van der Waals surface area contributed by atoms with E-state index in [1.807, 2.05) is 19.9 Å². The van der Waals surface area contributed by atoms with Crippen LogP contribution in [0, 0.1) is 0 Å². The second-order valence-corrected chi connectivity index (χ2v) is 4.98. The van der Waals surface area contributed by atoms with Crippen LogP contribution in [0.5, 0.6) is 0 Å². The highest BCUT2D eigenvalue weighted by Crippen LogP contribution is 2.29.